The van der Waals surface area contributed by atoms with Gasteiger partial charge in [0.1, 0.15) is 30.1 Å². The summed E-state index contributed by atoms with van der Waals surface area (Å²) in [6.45, 7) is 14.7. The van der Waals surface area contributed by atoms with Gasteiger partial charge in [-0.3, -0.25) is 19.2 Å². The Morgan fingerprint density at radius 1 is 0.833 bits per heavy atom. The summed E-state index contributed by atoms with van der Waals surface area (Å²) in [6, 6.07) is -1.15. The fourth-order valence-corrected chi connectivity index (χ4v) is 10.6. The maximum absolute atomic E-state index is 14.4. The molecule has 372 valence electrons. The lowest BCUT2D eigenvalue weighted by Gasteiger charge is -2.44. The molecule has 0 spiro atoms. The van der Waals surface area contributed by atoms with Crippen LogP contribution in [0.3, 0.4) is 0 Å². The summed E-state index contributed by atoms with van der Waals surface area (Å²) in [5, 5.41) is 34.0. The molecule has 4 aliphatic rings. The smallest absolute Gasteiger partial charge is 0.329 e. The maximum Gasteiger partial charge on any atom is 0.329 e. The van der Waals surface area contributed by atoms with Crippen LogP contribution < -0.4 is 0 Å². The largest absolute Gasteiger partial charge is 0.460 e. The third-order valence-electron chi connectivity index (χ3n) is 14.9. The van der Waals surface area contributed by atoms with E-state index >= 15 is 0 Å². The number of amides is 1. The van der Waals surface area contributed by atoms with Gasteiger partial charge in [0.25, 0.3) is 11.7 Å². The van der Waals surface area contributed by atoms with E-state index in [0.29, 0.717) is 56.9 Å². The van der Waals surface area contributed by atoms with Crippen LogP contribution in [0.15, 0.2) is 47.6 Å². The Balaban J connectivity index is 1.72. The van der Waals surface area contributed by atoms with Crippen molar-refractivity contribution in [3.8, 4) is 0 Å². The number of Topliss-reactive ketones (excluding diaryl/α,β-unsaturated/α-hetero) is 3. The Hall–Kier alpha value is -3.37. The number of ketones is 3. The number of hydrogen-bond acceptors (Lipinski definition) is 13. The third kappa shape index (κ3) is 13.9. The van der Waals surface area contributed by atoms with E-state index in [9.17, 15) is 39.3 Å². The lowest BCUT2D eigenvalue weighted by atomic mass is 9.78. The molecule has 14 nitrogen and oxygen atoms in total. The van der Waals surface area contributed by atoms with Crippen molar-refractivity contribution < 1.29 is 63.0 Å². The van der Waals surface area contributed by atoms with Crippen LogP contribution in [0.25, 0.3) is 0 Å². The van der Waals surface area contributed by atoms with Gasteiger partial charge < -0.3 is 43.9 Å². The molecule has 0 aromatic heterocycles. The summed E-state index contributed by atoms with van der Waals surface area (Å²) in [6.07, 6.45) is 10.8. The minimum Gasteiger partial charge on any atom is -0.460 e. The Morgan fingerprint density at radius 3 is 2.20 bits per heavy atom. The molecule has 3 heterocycles. The third-order valence-corrected chi connectivity index (χ3v) is 14.9. The Morgan fingerprint density at radius 2 is 1.53 bits per heavy atom. The first-order valence-corrected chi connectivity index (χ1v) is 24.4. The summed E-state index contributed by atoms with van der Waals surface area (Å²) < 4.78 is 29.6. The first kappa shape index (κ1) is 55.2. The zero-order chi connectivity index (χ0) is 49.0. The molecule has 3 fully saturated rings. The van der Waals surface area contributed by atoms with Crippen molar-refractivity contribution >= 4 is 29.2 Å². The molecule has 1 saturated carbocycles. The van der Waals surface area contributed by atoms with Crippen molar-refractivity contribution in [2.75, 3.05) is 27.9 Å². The molecule has 0 radical (unpaired) electrons. The van der Waals surface area contributed by atoms with Crippen molar-refractivity contribution in [2.45, 2.75) is 181 Å². The number of cyclic esters (lactones) is 1. The number of aliphatic hydroxyl groups is 3. The first-order valence-electron chi connectivity index (χ1n) is 24.4. The molecule has 2 bridgehead atoms. The normalized spacial score (nSPS) is 41.1. The quantitative estimate of drug-likeness (QED) is 0.150. The number of allylic oxidation sites excluding steroid dienone is 6. The van der Waals surface area contributed by atoms with Gasteiger partial charge in [0.15, 0.2) is 5.78 Å². The zero-order valence-electron chi connectivity index (χ0n) is 41.5. The molecule has 0 aromatic carbocycles. The van der Waals surface area contributed by atoms with Gasteiger partial charge in [-0.1, -0.05) is 78.0 Å². The van der Waals surface area contributed by atoms with Gasteiger partial charge in [-0.2, -0.15) is 0 Å². The second-order valence-electron chi connectivity index (χ2n) is 20.1. The molecule has 0 aromatic rings. The predicted octanol–water partition coefficient (Wildman–Crippen LogP) is 6.43. The molecule has 3 aliphatic heterocycles. The number of nitrogens with zero attached hydrogens (tertiary/aromatic N) is 1. The number of methoxy groups -OCH3 is 3. The molecule has 66 heavy (non-hydrogen) atoms. The van der Waals surface area contributed by atoms with Gasteiger partial charge in [0.05, 0.1) is 24.4 Å². The van der Waals surface area contributed by atoms with Crippen LogP contribution >= 0.6 is 0 Å². The standard InChI is InChI=1S/C52H81NO13/c1-30-17-13-12-14-18-31(2)47(63-10)37(8)42-23-20-36(7)52(61,66-42)49(58)50(59)53-24-16-15-19-39(53)51(60)65-43(33(4)27-38-21-22-40(54)44(28-38)62-9)29-41(55)32(3)26-35(6)46(57)48(64-11)45(56)34(5)25-30/h12-14,17-18,26,30,32-34,36-40,42-44,46-48,54,57,61H,15-16,19-25,27-29H2,1-11H3/b14-12+,17-13+,31-18+,35-26+/t30-,32-,33-,34-,36-,37-,38+,39+,40-,42+,43+,44-,46-,47-,48+,52-/m1/s1. The highest BCUT2D eigenvalue weighted by molar-refractivity contribution is 6.39. The van der Waals surface area contributed by atoms with E-state index in [1.54, 1.807) is 41.1 Å². The van der Waals surface area contributed by atoms with E-state index in [-0.39, 0.29) is 60.7 Å². The summed E-state index contributed by atoms with van der Waals surface area (Å²) in [7, 11) is 4.53. The second kappa shape index (κ2) is 25.3. The number of carbonyl (C=O) groups is 5. The number of aliphatic hydroxyl groups excluding tert-OH is 2. The first-order chi connectivity index (χ1) is 31.2. The highest BCUT2D eigenvalue weighted by atomic mass is 16.6. The Labute approximate surface area is 393 Å². The number of rotatable bonds is 6. The maximum atomic E-state index is 14.4. The average molecular weight is 928 g/mol. The minimum absolute atomic E-state index is 0.0147. The molecule has 1 amide bonds. The summed E-state index contributed by atoms with van der Waals surface area (Å²) in [5.41, 5.74) is 1.26. The predicted molar refractivity (Wildman–Crippen MR) is 250 cm³/mol. The molecular formula is C52H81NO13. The van der Waals surface area contributed by atoms with Gasteiger partial charge in [-0.15, -0.1) is 0 Å². The number of carbonyl (C=O) groups excluding carboxylic acids is 5. The minimum atomic E-state index is -2.45. The van der Waals surface area contributed by atoms with Gasteiger partial charge in [0.2, 0.25) is 5.79 Å². The summed E-state index contributed by atoms with van der Waals surface area (Å²) in [5.74, 6) is -8.34. The number of esters is 1. The lowest BCUT2D eigenvalue weighted by Crippen LogP contribution is -2.61. The molecule has 14 heteroatoms. The molecule has 3 N–H and O–H groups in total. The van der Waals surface area contributed by atoms with Crippen molar-refractivity contribution in [3.63, 3.8) is 0 Å². The average Bonchev–Trinajstić information content (AvgIpc) is 3.29. The van der Waals surface area contributed by atoms with Crippen molar-refractivity contribution in [2.24, 2.45) is 41.4 Å². The molecule has 16 atom stereocenters. The van der Waals surface area contributed by atoms with E-state index in [2.05, 4.69) is 0 Å². The zero-order valence-corrected chi connectivity index (χ0v) is 41.5. The van der Waals surface area contributed by atoms with E-state index < -0.39 is 83.9 Å². The monoisotopic (exact) mass is 928 g/mol. The number of fused-ring (bicyclic) bond motifs is 3. The summed E-state index contributed by atoms with van der Waals surface area (Å²) in [4.78, 5) is 72.1. The Kier molecular flexibility index (Phi) is 21.2. The van der Waals surface area contributed by atoms with E-state index in [0.717, 1.165) is 12.0 Å². The van der Waals surface area contributed by atoms with Crippen LogP contribution in [0.5, 0.6) is 0 Å². The second-order valence-corrected chi connectivity index (χ2v) is 20.1. The molecule has 4 rings (SSSR count). The number of ether oxygens (including phenoxy) is 5. The van der Waals surface area contributed by atoms with Crippen LogP contribution in [0.2, 0.25) is 0 Å². The van der Waals surface area contributed by atoms with Crippen LogP contribution in [0.4, 0.5) is 0 Å². The fourth-order valence-electron chi connectivity index (χ4n) is 10.6. The molecule has 0 unspecified atom stereocenters. The van der Waals surface area contributed by atoms with Crippen molar-refractivity contribution in [1.29, 1.82) is 0 Å². The van der Waals surface area contributed by atoms with Gasteiger partial charge in [-0.25, -0.2) is 4.79 Å². The van der Waals surface area contributed by atoms with Gasteiger partial charge in [-0.05, 0) is 107 Å². The van der Waals surface area contributed by atoms with Gasteiger partial charge >= 0.3 is 5.97 Å². The van der Waals surface area contributed by atoms with Crippen LogP contribution in [-0.2, 0) is 47.7 Å². The Bertz CT molecular complexity index is 1790. The molecule has 1 aliphatic carbocycles. The summed E-state index contributed by atoms with van der Waals surface area (Å²) >= 11 is 0. The lowest BCUT2D eigenvalue weighted by molar-refractivity contribution is -0.273. The van der Waals surface area contributed by atoms with E-state index in [4.69, 9.17) is 23.7 Å². The fraction of sp³-hybridized carbons (Fsp3) is 0.750. The van der Waals surface area contributed by atoms with Crippen molar-refractivity contribution in [1.82, 2.24) is 4.90 Å². The SMILES string of the molecule is CO[C@@H]1/C(C)=C/C=C/C=C/[C@@H](C)C[C@@H](C)C(=O)[C@H](OC)[C@H](O)/C(C)=C/[C@@H](C)C(=O)C[C@@H]([C@H](C)C[C@@H]2CC[C@@H](O)[C@H](OC)C2)OC(=O)[C@@H]2CCCCN2C(=O)C(=O)[C@]2(O)O[C@@H](CC[C@H]2C)[C@H]1C. The van der Waals surface area contributed by atoms with Crippen LogP contribution in [0, 0.1) is 41.4 Å². The topological polar surface area (TPSA) is 195 Å². The highest BCUT2D eigenvalue weighted by Gasteiger charge is 2.54. The molecular weight excluding hydrogens is 847 g/mol. The van der Waals surface area contributed by atoms with E-state index in [1.165, 1.54) is 12.0 Å². The highest BCUT2D eigenvalue weighted by Crippen LogP contribution is 2.39. The number of hydrogen-bond donors (Lipinski definition) is 3. The van der Waals surface area contributed by atoms with E-state index in [1.807, 2.05) is 65.0 Å². The van der Waals surface area contributed by atoms with Crippen molar-refractivity contribution in [3.05, 3.63) is 47.6 Å². The van der Waals surface area contributed by atoms with Crippen LogP contribution in [0.1, 0.15) is 126 Å². The van der Waals surface area contributed by atoms with Crippen LogP contribution in [-0.4, -0.2) is 132 Å². The molecule has 2 saturated heterocycles. The number of piperidine rings is 1. The van der Waals surface area contributed by atoms with Gasteiger partial charge in [0, 0.05) is 58.0 Å².